The van der Waals surface area contributed by atoms with Gasteiger partial charge < -0.3 is 10.6 Å². The summed E-state index contributed by atoms with van der Waals surface area (Å²) in [4.78, 5) is 39.8. The van der Waals surface area contributed by atoms with Crippen molar-refractivity contribution in [3.05, 3.63) is 91.0 Å². The summed E-state index contributed by atoms with van der Waals surface area (Å²) in [6, 6.07) is 15.6. The molecule has 1 saturated heterocycles. The second kappa shape index (κ2) is 10.5. The van der Waals surface area contributed by atoms with E-state index in [2.05, 4.69) is 15.9 Å². The molecular weight excluding hydrogens is 550 g/mol. The highest BCUT2D eigenvalue weighted by molar-refractivity contribution is 9.10. The van der Waals surface area contributed by atoms with Crippen molar-refractivity contribution in [2.45, 2.75) is 11.4 Å². The van der Waals surface area contributed by atoms with Gasteiger partial charge in [0.2, 0.25) is 15.8 Å². The summed E-state index contributed by atoms with van der Waals surface area (Å²) in [6.07, 6.45) is 0. The molecule has 0 saturated carbocycles. The zero-order valence-corrected chi connectivity index (χ0v) is 22.1. The van der Waals surface area contributed by atoms with Crippen molar-refractivity contribution in [3.63, 3.8) is 0 Å². The van der Waals surface area contributed by atoms with Gasteiger partial charge >= 0.3 is 5.69 Å². The number of ketones is 1. The Labute approximate surface area is 216 Å². The van der Waals surface area contributed by atoms with Crippen molar-refractivity contribution in [2.24, 2.45) is 7.05 Å². The molecule has 2 aromatic carbocycles. The first-order valence-electron chi connectivity index (χ1n) is 11.4. The predicted molar refractivity (Wildman–Crippen MR) is 139 cm³/mol. The Bertz CT molecular complexity index is 1490. The van der Waals surface area contributed by atoms with Gasteiger partial charge in [0.25, 0.3) is 5.56 Å². The number of Topliss-reactive ketones (excluding diaryl/α,β-unsaturated/α-hetero) is 1. The van der Waals surface area contributed by atoms with Crippen molar-refractivity contribution < 1.29 is 18.1 Å². The van der Waals surface area contributed by atoms with Crippen LogP contribution < -0.4 is 21.9 Å². The largest absolute Gasteiger partial charge is 0.384 e. The zero-order valence-electron chi connectivity index (χ0n) is 19.7. The number of nitrogen functional groups attached to an aromatic ring is 1. The summed E-state index contributed by atoms with van der Waals surface area (Å²) in [7, 11) is -2.32. The molecule has 1 aliphatic heterocycles. The highest BCUT2D eigenvalue weighted by Gasteiger charge is 2.32. The Kier molecular flexibility index (Phi) is 7.59. The van der Waals surface area contributed by atoms with Gasteiger partial charge in [-0.3, -0.25) is 18.7 Å². The monoisotopic (exact) mass is 576 g/mol. The van der Waals surface area contributed by atoms with Crippen LogP contribution in [0.4, 0.5) is 5.82 Å². The lowest BCUT2D eigenvalue weighted by Crippen LogP contribution is -3.15. The number of rotatable bonds is 7. The fraction of sp³-hybridized carbons (Fsp3) is 0.292. The molecule has 1 fully saturated rings. The minimum atomic E-state index is -3.64. The Balaban J connectivity index is 1.50. The minimum Gasteiger partial charge on any atom is -0.384 e. The van der Waals surface area contributed by atoms with Crippen LogP contribution in [0.5, 0.6) is 0 Å². The Morgan fingerprint density at radius 1 is 1.03 bits per heavy atom. The maximum atomic E-state index is 13.2. The molecule has 0 aliphatic carbocycles. The number of anilines is 1. The first-order chi connectivity index (χ1) is 17.1. The Morgan fingerprint density at radius 2 is 1.64 bits per heavy atom. The number of hydrogen-bond donors (Lipinski definition) is 2. The van der Waals surface area contributed by atoms with E-state index in [0.717, 1.165) is 19.5 Å². The summed E-state index contributed by atoms with van der Waals surface area (Å²) < 4.78 is 30.2. The number of piperazine rings is 1. The average Bonchev–Trinajstić information content (AvgIpc) is 2.87. The van der Waals surface area contributed by atoms with Crippen LogP contribution in [-0.2, 0) is 23.6 Å². The number of hydrogen-bond acceptors (Lipinski definition) is 6. The van der Waals surface area contributed by atoms with Crippen LogP contribution in [-0.4, -0.2) is 60.4 Å². The van der Waals surface area contributed by atoms with E-state index in [1.165, 1.54) is 15.9 Å². The third kappa shape index (κ3) is 5.21. The number of nitrogens with two attached hydrogens (primary N) is 1. The summed E-state index contributed by atoms with van der Waals surface area (Å²) in [5, 5.41) is 0. The molecule has 0 spiro atoms. The summed E-state index contributed by atoms with van der Waals surface area (Å²) in [5.41, 5.74) is 5.44. The number of nitrogens with one attached hydrogen (secondary N) is 1. The Hall–Kier alpha value is -3.06. The fourth-order valence-electron chi connectivity index (χ4n) is 4.25. The number of benzene rings is 2. The molecule has 0 radical (unpaired) electrons. The molecule has 0 unspecified atom stereocenters. The van der Waals surface area contributed by atoms with E-state index in [9.17, 15) is 22.8 Å². The minimum absolute atomic E-state index is 0.0326. The van der Waals surface area contributed by atoms with Crippen molar-refractivity contribution in [1.29, 1.82) is 0 Å². The van der Waals surface area contributed by atoms with Crippen LogP contribution in [0.1, 0.15) is 15.9 Å². The SMILES string of the molecule is Cn1c(=O)c(C(=O)C[NH+]2CCN(S(=O)(=O)c3ccc(Br)cc3)CC2)c(N)n(Cc2ccccc2)c1=O. The summed E-state index contributed by atoms with van der Waals surface area (Å²) in [6.45, 7) is 1.36. The van der Waals surface area contributed by atoms with Crippen LogP contribution in [0.25, 0.3) is 0 Å². The van der Waals surface area contributed by atoms with Crippen LogP contribution in [0, 0.1) is 0 Å². The molecule has 36 heavy (non-hydrogen) atoms. The van der Waals surface area contributed by atoms with Crippen molar-refractivity contribution in [1.82, 2.24) is 13.4 Å². The van der Waals surface area contributed by atoms with Crippen LogP contribution in [0.15, 0.2) is 73.6 Å². The summed E-state index contributed by atoms with van der Waals surface area (Å²) in [5.74, 6) is -0.637. The zero-order chi connectivity index (χ0) is 26.0. The van der Waals surface area contributed by atoms with E-state index < -0.39 is 27.1 Å². The van der Waals surface area contributed by atoms with E-state index in [1.807, 2.05) is 30.3 Å². The maximum absolute atomic E-state index is 13.2. The standard InChI is InChI=1S/C24H26BrN5O5S/c1-27-23(32)21(22(26)30(24(27)33)15-17-5-3-2-4-6-17)20(31)16-28-11-13-29(14-12-28)36(34,35)19-9-7-18(25)8-10-19/h2-10H,11-16,26H2,1H3/p+1. The Morgan fingerprint density at radius 3 is 2.25 bits per heavy atom. The lowest BCUT2D eigenvalue weighted by molar-refractivity contribution is -0.895. The highest BCUT2D eigenvalue weighted by atomic mass is 79.9. The second-order valence-electron chi connectivity index (χ2n) is 8.69. The number of quaternary nitrogens is 1. The van der Waals surface area contributed by atoms with Crippen LogP contribution in [0.3, 0.4) is 0 Å². The number of halogens is 1. The van der Waals surface area contributed by atoms with E-state index in [-0.39, 0.29) is 42.5 Å². The number of nitrogens with zero attached hydrogens (tertiary/aromatic N) is 3. The fourth-order valence-corrected chi connectivity index (χ4v) is 5.96. The topological polar surface area (TPSA) is 129 Å². The second-order valence-corrected chi connectivity index (χ2v) is 11.5. The van der Waals surface area contributed by atoms with Gasteiger partial charge in [-0.2, -0.15) is 4.31 Å². The van der Waals surface area contributed by atoms with Crippen molar-refractivity contribution >= 4 is 37.6 Å². The van der Waals surface area contributed by atoms with Gasteiger partial charge in [-0.05, 0) is 29.8 Å². The molecule has 3 aromatic rings. The van der Waals surface area contributed by atoms with Gasteiger partial charge in [0.1, 0.15) is 17.9 Å². The molecule has 0 atom stereocenters. The summed E-state index contributed by atoms with van der Waals surface area (Å²) >= 11 is 3.30. The molecule has 0 bridgehead atoms. The molecule has 2 heterocycles. The number of carbonyl (C=O) groups is 1. The third-order valence-electron chi connectivity index (χ3n) is 6.34. The number of sulfonamides is 1. The molecular formula is C24H27BrN5O5S+. The van der Waals surface area contributed by atoms with Crippen molar-refractivity contribution in [2.75, 3.05) is 38.5 Å². The molecule has 10 nitrogen and oxygen atoms in total. The predicted octanol–water partition coefficient (Wildman–Crippen LogP) is -0.288. The lowest BCUT2D eigenvalue weighted by Gasteiger charge is -2.31. The molecule has 1 aliphatic rings. The molecule has 190 valence electrons. The van der Waals surface area contributed by atoms with E-state index in [0.29, 0.717) is 13.1 Å². The van der Waals surface area contributed by atoms with Crippen LogP contribution in [0.2, 0.25) is 0 Å². The molecule has 3 N–H and O–H groups in total. The maximum Gasteiger partial charge on any atom is 0.332 e. The van der Waals surface area contributed by atoms with Gasteiger partial charge in [0, 0.05) is 11.5 Å². The van der Waals surface area contributed by atoms with Crippen LogP contribution >= 0.6 is 15.9 Å². The number of aromatic nitrogens is 2. The van der Waals surface area contributed by atoms with Gasteiger partial charge in [0.05, 0.1) is 37.6 Å². The lowest BCUT2D eigenvalue weighted by atomic mass is 10.1. The van der Waals surface area contributed by atoms with Gasteiger partial charge in [-0.1, -0.05) is 46.3 Å². The van der Waals surface area contributed by atoms with Gasteiger partial charge in [-0.25, -0.2) is 13.2 Å². The molecule has 1 aromatic heterocycles. The third-order valence-corrected chi connectivity index (χ3v) is 8.78. The smallest absolute Gasteiger partial charge is 0.332 e. The number of carbonyl (C=O) groups excluding carboxylic acids is 1. The normalized spacial score (nSPS) is 15.2. The van der Waals surface area contributed by atoms with Gasteiger partial charge in [-0.15, -0.1) is 0 Å². The van der Waals surface area contributed by atoms with Crippen molar-refractivity contribution in [3.8, 4) is 0 Å². The molecule has 12 heteroatoms. The van der Waals surface area contributed by atoms with Gasteiger partial charge in [0.15, 0.2) is 0 Å². The quantitative estimate of drug-likeness (QED) is 0.372. The van der Waals surface area contributed by atoms with E-state index in [1.54, 1.807) is 24.3 Å². The van der Waals surface area contributed by atoms with E-state index in [4.69, 9.17) is 5.73 Å². The first kappa shape index (κ1) is 26.0. The highest BCUT2D eigenvalue weighted by Crippen LogP contribution is 2.18. The average molecular weight is 577 g/mol. The molecule has 4 rings (SSSR count). The molecule has 0 amide bonds. The van der Waals surface area contributed by atoms with E-state index >= 15 is 0 Å². The first-order valence-corrected chi connectivity index (χ1v) is 13.6.